The second-order valence-electron chi connectivity index (χ2n) is 5.54. The van der Waals surface area contributed by atoms with Gasteiger partial charge >= 0.3 is 0 Å². The molecule has 0 saturated carbocycles. The van der Waals surface area contributed by atoms with Crippen molar-refractivity contribution in [2.75, 3.05) is 13.7 Å². The van der Waals surface area contributed by atoms with Crippen LogP contribution in [-0.2, 0) is 6.42 Å². The van der Waals surface area contributed by atoms with Crippen LogP contribution in [0.2, 0.25) is 0 Å². The SMILES string of the molecule is COc1ccc(C(=O)NCCc2ccc(-c3csc(C)n3)cc2)cn1. The van der Waals surface area contributed by atoms with Gasteiger partial charge < -0.3 is 10.1 Å². The Bertz CT molecular complexity index is 842. The Morgan fingerprint density at radius 1 is 1.20 bits per heavy atom. The molecule has 1 N–H and O–H groups in total. The summed E-state index contributed by atoms with van der Waals surface area (Å²) in [5.41, 5.74) is 3.81. The fourth-order valence-corrected chi connectivity index (χ4v) is 3.02. The number of ether oxygens (including phenoxy) is 1. The van der Waals surface area contributed by atoms with Gasteiger partial charge in [-0.2, -0.15) is 0 Å². The number of pyridine rings is 1. The van der Waals surface area contributed by atoms with Crippen LogP contribution in [0, 0.1) is 6.92 Å². The van der Waals surface area contributed by atoms with E-state index in [2.05, 4.69) is 44.9 Å². The Balaban J connectivity index is 1.52. The summed E-state index contributed by atoms with van der Waals surface area (Å²) < 4.78 is 4.98. The van der Waals surface area contributed by atoms with Gasteiger partial charge in [-0.3, -0.25) is 4.79 Å². The summed E-state index contributed by atoms with van der Waals surface area (Å²) in [6.45, 7) is 2.57. The lowest BCUT2D eigenvalue weighted by Gasteiger charge is -2.06. The fourth-order valence-electron chi connectivity index (χ4n) is 2.40. The Hall–Kier alpha value is -2.73. The molecule has 0 atom stereocenters. The molecule has 25 heavy (non-hydrogen) atoms. The Morgan fingerprint density at radius 3 is 2.60 bits per heavy atom. The molecule has 0 aliphatic carbocycles. The second-order valence-corrected chi connectivity index (χ2v) is 6.61. The first-order valence-corrected chi connectivity index (χ1v) is 8.83. The van der Waals surface area contributed by atoms with Gasteiger partial charge in [0, 0.05) is 29.8 Å². The van der Waals surface area contributed by atoms with E-state index in [0.717, 1.165) is 22.7 Å². The van der Waals surface area contributed by atoms with E-state index in [1.165, 1.54) is 11.8 Å². The Labute approximate surface area is 150 Å². The summed E-state index contributed by atoms with van der Waals surface area (Å²) in [5.74, 6) is 0.358. The average molecular weight is 353 g/mol. The summed E-state index contributed by atoms with van der Waals surface area (Å²) in [5, 5.41) is 6.03. The van der Waals surface area contributed by atoms with E-state index in [1.54, 1.807) is 30.6 Å². The van der Waals surface area contributed by atoms with Crippen LogP contribution in [-0.4, -0.2) is 29.5 Å². The minimum Gasteiger partial charge on any atom is -0.481 e. The molecule has 2 aromatic heterocycles. The highest BCUT2D eigenvalue weighted by Crippen LogP contribution is 2.21. The molecular formula is C19H19N3O2S. The van der Waals surface area contributed by atoms with Gasteiger partial charge in [-0.05, 0) is 25.0 Å². The zero-order valence-corrected chi connectivity index (χ0v) is 15.0. The molecule has 2 heterocycles. The van der Waals surface area contributed by atoms with Gasteiger partial charge in [0.1, 0.15) is 0 Å². The van der Waals surface area contributed by atoms with E-state index in [4.69, 9.17) is 4.74 Å². The zero-order chi connectivity index (χ0) is 17.6. The lowest BCUT2D eigenvalue weighted by molar-refractivity contribution is 0.0953. The molecule has 1 amide bonds. The number of carbonyl (C=O) groups excluding carboxylic acids is 1. The fraction of sp³-hybridized carbons (Fsp3) is 0.211. The molecule has 0 unspecified atom stereocenters. The maximum atomic E-state index is 12.1. The lowest BCUT2D eigenvalue weighted by Crippen LogP contribution is -2.25. The summed E-state index contributed by atoms with van der Waals surface area (Å²) in [7, 11) is 1.54. The van der Waals surface area contributed by atoms with E-state index < -0.39 is 0 Å². The van der Waals surface area contributed by atoms with Crippen LogP contribution in [0.25, 0.3) is 11.3 Å². The Kier molecular flexibility index (Phi) is 5.40. The van der Waals surface area contributed by atoms with E-state index in [-0.39, 0.29) is 5.91 Å². The first kappa shape index (κ1) is 17.1. The van der Waals surface area contributed by atoms with Gasteiger partial charge in [-0.1, -0.05) is 24.3 Å². The lowest BCUT2D eigenvalue weighted by atomic mass is 10.1. The topological polar surface area (TPSA) is 64.1 Å². The van der Waals surface area contributed by atoms with Crippen LogP contribution in [0.5, 0.6) is 5.88 Å². The van der Waals surface area contributed by atoms with Crippen molar-refractivity contribution in [2.45, 2.75) is 13.3 Å². The van der Waals surface area contributed by atoms with Crippen molar-refractivity contribution < 1.29 is 9.53 Å². The molecule has 3 rings (SSSR count). The molecule has 0 spiro atoms. The van der Waals surface area contributed by atoms with Crippen molar-refractivity contribution in [1.82, 2.24) is 15.3 Å². The van der Waals surface area contributed by atoms with Crippen LogP contribution in [0.3, 0.4) is 0 Å². The number of aromatic nitrogens is 2. The molecule has 0 saturated heterocycles. The smallest absolute Gasteiger partial charge is 0.252 e. The zero-order valence-electron chi connectivity index (χ0n) is 14.2. The minimum atomic E-state index is -0.135. The highest BCUT2D eigenvalue weighted by atomic mass is 32.1. The van der Waals surface area contributed by atoms with Crippen LogP contribution in [0.4, 0.5) is 0 Å². The second kappa shape index (κ2) is 7.90. The summed E-state index contributed by atoms with van der Waals surface area (Å²) in [4.78, 5) is 20.6. The van der Waals surface area contributed by atoms with Crippen molar-refractivity contribution in [3.63, 3.8) is 0 Å². The van der Waals surface area contributed by atoms with Gasteiger partial charge in [-0.25, -0.2) is 9.97 Å². The van der Waals surface area contributed by atoms with Gasteiger partial charge in [-0.15, -0.1) is 11.3 Å². The number of aryl methyl sites for hydroxylation is 1. The first-order chi connectivity index (χ1) is 12.2. The first-order valence-electron chi connectivity index (χ1n) is 7.95. The number of methoxy groups -OCH3 is 1. The predicted octanol–water partition coefficient (Wildman–Crippen LogP) is 3.49. The molecule has 0 bridgehead atoms. The van der Waals surface area contributed by atoms with Crippen molar-refractivity contribution in [1.29, 1.82) is 0 Å². The third-order valence-corrected chi connectivity index (χ3v) is 4.55. The predicted molar refractivity (Wildman–Crippen MR) is 99.1 cm³/mol. The molecule has 0 fully saturated rings. The quantitative estimate of drug-likeness (QED) is 0.737. The van der Waals surface area contributed by atoms with Crippen molar-refractivity contribution >= 4 is 17.2 Å². The van der Waals surface area contributed by atoms with Crippen LogP contribution in [0.15, 0.2) is 48.0 Å². The molecule has 0 aliphatic heterocycles. The highest BCUT2D eigenvalue weighted by molar-refractivity contribution is 7.09. The van der Waals surface area contributed by atoms with E-state index >= 15 is 0 Å². The molecule has 0 aliphatic rings. The number of nitrogens with one attached hydrogen (secondary N) is 1. The van der Waals surface area contributed by atoms with Crippen LogP contribution >= 0.6 is 11.3 Å². The Morgan fingerprint density at radius 2 is 2.00 bits per heavy atom. The number of nitrogens with zero attached hydrogens (tertiary/aromatic N) is 2. The highest BCUT2D eigenvalue weighted by Gasteiger charge is 2.06. The van der Waals surface area contributed by atoms with E-state index in [1.807, 2.05) is 6.92 Å². The summed E-state index contributed by atoms with van der Waals surface area (Å²) in [6.07, 6.45) is 2.28. The minimum absolute atomic E-state index is 0.135. The number of rotatable bonds is 6. The number of hydrogen-bond acceptors (Lipinski definition) is 5. The van der Waals surface area contributed by atoms with E-state index in [0.29, 0.717) is 18.0 Å². The molecule has 6 heteroatoms. The third kappa shape index (κ3) is 4.42. The maximum Gasteiger partial charge on any atom is 0.252 e. The van der Waals surface area contributed by atoms with Gasteiger partial charge in [0.2, 0.25) is 5.88 Å². The third-order valence-electron chi connectivity index (χ3n) is 3.78. The molecule has 128 valence electrons. The van der Waals surface area contributed by atoms with Crippen molar-refractivity contribution in [2.24, 2.45) is 0 Å². The summed E-state index contributed by atoms with van der Waals surface area (Å²) in [6, 6.07) is 11.7. The van der Waals surface area contributed by atoms with Gasteiger partial charge in [0.15, 0.2) is 0 Å². The monoisotopic (exact) mass is 353 g/mol. The molecular weight excluding hydrogens is 334 g/mol. The van der Waals surface area contributed by atoms with Crippen LogP contribution < -0.4 is 10.1 Å². The molecule has 1 aromatic carbocycles. The number of benzene rings is 1. The number of carbonyl (C=O) groups is 1. The van der Waals surface area contributed by atoms with Crippen molar-refractivity contribution in [3.8, 4) is 17.1 Å². The molecule has 5 nitrogen and oxygen atoms in total. The number of thiazole rings is 1. The molecule has 0 radical (unpaired) electrons. The van der Waals surface area contributed by atoms with Crippen molar-refractivity contribution in [3.05, 3.63) is 64.1 Å². The van der Waals surface area contributed by atoms with Gasteiger partial charge in [0.25, 0.3) is 5.91 Å². The van der Waals surface area contributed by atoms with Crippen LogP contribution in [0.1, 0.15) is 20.9 Å². The maximum absolute atomic E-state index is 12.1. The molecule has 3 aromatic rings. The van der Waals surface area contributed by atoms with E-state index in [9.17, 15) is 4.79 Å². The summed E-state index contributed by atoms with van der Waals surface area (Å²) >= 11 is 1.65. The van der Waals surface area contributed by atoms with Gasteiger partial charge in [0.05, 0.1) is 23.4 Å². The normalized spacial score (nSPS) is 10.5. The number of amides is 1. The average Bonchev–Trinajstić information content (AvgIpc) is 3.08. The largest absolute Gasteiger partial charge is 0.481 e. The number of hydrogen-bond donors (Lipinski definition) is 1. The standard InChI is InChI=1S/C19H19N3O2S/c1-13-22-17(12-25-13)15-5-3-14(4-6-15)9-10-20-19(23)16-7-8-18(24-2)21-11-16/h3-8,11-12H,9-10H2,1-2H3,(H,20,23).